The molecule has 2 amide bonds. The van der Waals surface area contributed by atoms with Gasteiger partial charge in [0.15, 0.2) is 0 Å². The zero-order valence-electron chi connectivity index (χ0n) is 21.6. The molecule has 0 radical (unpaired) electrons. The number of benzene rings is 2. The molecule has 1 aliphatic rings. The van der Waals surface area contributed by atoms with Crippen molar-refractivity contribution < 1.29 is 28.6 Å². The second kappa shape index (κ2) is 9.63. The molecule has 4 N–H and O–H groups in total. The summed E-state index contributed by atoms with van der Waals surface area (Å²) in [6.07, 6.45) is 1.64. The van der Waals surface area contributed by atoms with Crippen LogP contribution < -0.4 is 20.5 Å². The van der Waals surface area contributed by atoms with Crippen molar-refractivity contribution >= 4 is 22.7 Å². The largest absolute Gasteiger partial charge is 0.494 e. The summed E-state index contributed by atoms with van der Waals surface area (Å²) in [5, 5.41) is 15.0. The number of carbonyl (C=O) groups is 2. The number of nitrogens with two attached hydrogens (primary N) is 1. The van der Waals surface area contributed by atoms with E-state index in [0.29, 0.717) is 39.4 Å². The minimum absolute atomic E-state index is 0.00543. The second-order valence-electron chi connectivity index (χ2n) is 9.93. The van der Waals surface area contributed by atoms with Crippen molar-refractivity contribution in [3.8, 4) is 22.8 Å². The van der Waals surface area contributed by atoms with Gasteiger partial charge in [-0.25, -0.2) is 9.37 Å². The van der Waals surface area contributed by atoms with E-state index < -0.39 is 28.6 Å². The Kier molecular flexibility index (Phi) is 6.43. The van der Waals surface area contributed by atoms with Crippen molar-refractivity contribution in [2.24, 2.45) is 5.73 Å². The number of halogens is 1. The Balaban J connectivity index is 1.49. The van der Waals surface area contributed by atoms with Crippen molar-refractivity contribution in [1.29, 1.82) is 0 Å². The molecule has 0 bridgehead atoms. The number of nitrogens with one attached hydrogen (secondary N) is 1. The predicted octanol–water partition coefficient (Wildman–Crippen LogP) is 3.22. The molecule has 0 saturated heterocycles. The lowest BCUT2D eigenvalue weighted by Crippen LogP contribution is -2.41. The molecule has 9 nitrogen and oxygen atoms in total. The highest BCUT2D eigenvalue weighted by Crippen LogP contribution is 2.45. The Labute approximate surface area is 223 Å². The highest BCUT2D eigenvalue weighted by atomic mass is 19.1. The molecule has 5 rings (SSSR count). The standard InChI is InChI=1S/C29H27FN4O5/c1-28(27(31)36)15-39-25-20(28)13-22(34-24(25)16-6-8-19(30)9-7-16)29(2,37)14-33-26(35)18-11-17-5-4-10-32-23(17)21(12-18)38-3/h4-13,37H,14-15H2,1-3H3,(H2,31,36)(H,33,35)/t28-,29-/m0/s1. The Morgan fingerprint density at radius 3 is 2.67 bits per heavy atom. The van der Waals surface area contributed by atoms with Crippen LogP contribution in [0.4, 0.5) is 4.39 Å². The first-order valence-corrected chi connectivity index (χ1v) is 12.2. The van der Waals surface area contributed by atoms with Crippen molar-refractivity contribution in [2.75, 3.05) is 20.3 Å². The number of ether oxygens (including phenoxy) is 2. The number of methoxy groups -OCH3 is 1. The number of pyridine rings is 2. The lowest BCUT2D eigenvalue weighted by atomic mass is 9.82. The molecule has 0 fully saturated rings. The van der Waals surface area contributed by atoms with Crippen LogP contribution in [0.15, 0.2) is 60.8 Å². The number of hydrogen-bond acceptors (Lipinski definition) is 7. The van der Waals surface area contributed by atoms with Crippen molar-refractivity contribution in [3.63, 3.8) is 0 Å². The van der Waals surface area contributed by atoms with Crippen LogP contribution in [0.2, 0.25) is 0 Å². The molecule has 0 unspecified atom stereocenters. The van der Waals surface area contributed by atoms with E-state index in [1.165, 1.54) is 38.3 Å². The van der Waals surface area contributed by atoms with Crippen LogP contribution >= 0.6 is 0 Å². The molecule has 2 atom stereocenters. The van der Waals surface area contributed by atoms with Crippen LogP contribution in [-0.2, 0) is 15.8 Å². The summed E-state index contributed by atoms with van der Waals surface area (Å²) in [7, 11) is 1.50. The number of aliphatic hydroxyl groups is 1. The first kappa shape index (κ1) is 26.1. The van der Waals surface area contributed by atoms with E-state index in [2.05, 4.69) is 15.3 Å². The summed E-state index contributed by atoms with van der Waals surface area (Å²) in [4.78, 5) is 34.4. The third kappa shape index (κ3) is 4.63. The van der Waals surface area contributed by atoms with Gasteiger partial charge in [-0.2, -0.15) is 0 Å². The summed E-state index contributed by atoms with van der Waals surface area (Å²) < 4.78 is 24.9. The lowest BCUT2D eigenvalue weighted by Gasteiger charge is -2.26. The minimum atomic E-state index is -1.66. The molecular weight excluding hydrogens is 503 g/mol. The van der Waals surface area contributed by atoms with Crippen molar-refractivity contribution in [1.82, 2.24) is 15.3 Å². The number of rotatable bonds is 7. The second-order valence-corrected chi connectivity index (χ2v) is 9.93. The van der Waals surface area contributed by atoms with Gasteiger partial charge >= 0.3 is 0 Å². The maximum atomic E-state index is 13.6. The van der Waals surface area contributed by atoms with Gasteiger partial charge in [0.1, 0.15) is 46.1 Å². The van der Waals surface area contributed by atoms with Gasteiger partial charge in [-0.15, -0.1) is 0 Å². The summed E-state index contributed by atoms with van der Waals surface area (Å²) >= 11 is 0. The molecule has 10 heteroatoms. The molecule has 4 aromatic rings. The Bertz CT molecular complexity index is 1610. The van der Waals surface area contributed by atoms with Gasteiger partial charge in [-0.05, 0) is 62.4 Å². The molecule has 0 aliphatic carbocycles. The fraction of sp³-hybridized carbons (Fsp3) is 0.241. The number of hydrogen-bond donors (Lipinski definition) is 3. The van der Waals surface area contributed by atoms with Gasteiger partial charge in [0.2, 0.25) is 5.91 Å². The van der Waals surface area contributed by atoms with Crippen molar-refractivity contribution in [3.05, 3.63) is 83.4 Å². The van der Waals surface area contributed by atoms with Crippen LogP contribution in [0, 0.1) is 5.82 Å². The quantitative estimate of drug-likeness (QED) is 0.334. The number of aromatic nitrogens is 2. The highest BCUT2D eigenvalue weighted by molar-refractivity contribution is 6.00. The number of fused-ring (bicyclic) bond motifs is 2. The number of nitrogens with zero attached hydrogens (tertiary/aromatic N) is 2. The Morgan fingerprint density at radius 1 is 1.23 bits per heavy atom. The summed E-state index contributed by atoms with van der Waals surface area (Å²) in [6, 6.07) is 14.0. The van der Waals surface area contributed by atoms with Gasteiger partial charge in [0.25, 0.3) is 5.91 Å². The molecular formula is C29H27FN4O5. The van der Waals surface area contributed by atoms with E-state index >= 15 is 0 Å². The number of carbonyl (C=O) groups excluding carboxylic acids is 2. The topological polar surface area (TPSA) is 137 Å². The third-order valence-corrected chi connectivity index (χ3v) is 7.03. The van der Waals surface area contributed by atoms with Crippen LogP contribution in [-0.4, -0.2) is 47.2 Å². The van der Waals surface area contributed by atoms with E-state index in [1.807, 2.05) is 6.07 Å². The first-order valence-electron chi connectivity index (χ1n) is 12.2. The van der Waals surface area contributed by atoms with E-state index in [9.17, 15) is 19.1 Å². The van der Waals surface area contributed by atoms with Gasteiger partial charge in [0, 0.05) is 28.3 Å². The zero-order valence-corrected chi connectivity index (χ0v) is 21.6. The monoisotopic (exact) mass is 530 g/mol. The molecule has 2 aromatic heterocycles. The van der Waals surface area contributed by atoms with Gasteiger partial charge in [-0.3, -0.25) is 14.6 Å². The molecule has 0 saturated carbocycles. The van der Waals surface area contributed by atoms with Gasteiger partial charge < -0.3 is 25.6 Å². The fourth-order valence-electron chi connectivity index (χ4n) is 4.56. The summed E-state index contributed by atoms with van der Waals surface area (Å²) in [6.45, 7) is 2.94. The van der Waals surface area contributed by atoms with E-state index in [1.54, 1.807) is 37.4 Å². The molecule has 0 spiro atoms. The Hall–Kier alpha value is -4.57. The lowest BCUT2D eigenvalue weighted by molar-refractivity contribution is -0.123. The third-order valence-electron chi connectivity index (χ3n) is 7.03. The highest BCUT2D eigenvalue weighted by Gasteiger charge is 2.45. The average molecular weight is 531 g/mol. The summed E-state index contributed by atoms with van der Waals surface area (Å²) in [5.74, 6) is -0.686. The van der Waals surface area contributed by atoms with Crippen LogP contribution in [0.25, 0.3) is 22.2 Å². The average Bonchev–Trinajstić information content (AvgIpc) is 3.29. The molecule has 2 aromatic carbocycles. The fourth-order valence-corrected chi connectivity index (χ4v) is 4.56. The Morgan fingerprint density at radius 2 is 1.97 bits per heavy atom. The van der Waals surface area contributed by atoms with Crippen LogP contribution in [0.5, 0.6) is 11.5 Å². The van der Waals surface area contributed by atoms with E-state index in [-0.39, 0.29) is 18.8 Å². The molecule has 3 heterocycles. The normalized spacial score (nSPS) is 17.7. The van der Waals surface area contributed by atoms with Crippen LogP contribution in [0.1, 0.15) is 35.5 Å². The maximum Gasteiger partial charge on any atom is 0.251 e. The predicted molar refractivity (Wildman–Crippen MR) is 142 cm³/mol. The maximum absolute atomic E-state index is 13.6. The number of primary amides is 1. The van der Waals surface area contributed by atoms with Crippen molar-refractivity contribution in [2.45, 2.75) is 24.9 Å². The zero-order chi connectivity index (χ0) is 27.9. The molecule has 200 valence electrons. The first-order chi connectivity index (χ1) is 18.5. The van der Waals surface area contributed by atoms with Gasteiger partial charge in [0.05, 0.1) is 19.3 Å². The molecule has 1 aliphatic heterocycles. The minimum Gasteiger partial charge on any atom is -0.494 e. The van der Waals surface area contributed by atoms with E-state index in [4.69, 9.17) is 15.2 Å². The number of amides is 2. The van der Waals surface area contributed by atoms with Crippen LogP contribution in [0.3, 0.4) is 0 Å². The summed E-state index contributed by atoms with van der Waals surface area (Å²) in [5.41, 5.74) is 5.32. The smallest absolute Gasteiger partial charge is 0.251 e. The SMILES string of the molecule is COc1cc(C(=O)NC[C@](C)(O)c2cc3c(c(-c4ccc(F)cc4)n2)OC[C@]3(C)C(N)=O)cc2cccnc12. The van der Waals surface area contributed by atoms with Gasteiger partial charge in [-0.1, -0.05) is 6.07 Å². The molecule has 39 heavy (non-hydrogen) atoms. The van der Waals surface area contributed by atoms with E-state index in [0.717, 1.165) is 5.39 Å².